The van der Waals surface area contributed by atoms with E-state index in [2.05, 4.69) is 113 Å². The largest absolute Gasteiger partial charge is 0.307 e. The van der Waals surface area contributed by atoms with Gasteiger partial charge in [0.2, 0.25) is 5.52 Å². The predicted octanol–water partition coefficient (Wildman–Crippen LogP) is 8.22. The van der Waals surface area contributed by atoms with Crippen LogP contribution in [0.2, 0.25) is 0 Å². The third-order valence-electron chi connectivity index (χ3n) is 7.77. The summed E-state index contributed by atoms with van der Waals surface area (Å²) in [6, 6.07) is 16.8. The molecular weight excluding hydrogens is 424 g/mol. The molecule has 0 saturated carbocycles. The number of pyridine rings is 2. The average molecular weight is 462 g/mol. The Morgan fingerprint density at radius 1 is 0.857 bits per heavy atom. The maximum atomic E-state index is 2.60. The fourth-order valence-corrected chi connectivity index (χ4v) is 6.32. The second-order valence-corrected chi connectivity index (χ2v) is 12.5. The number of rotatable bonds is 3. The summed E-state index contributed by atoms with van der Waals surface area (Å²) in [7, 11) is 2.20. The van der Waals surface area contributed by atoms with Gasteiger partial charge >= 0.3 is 0 Å². The van der Waals surface area contributed by atoms with Crippen LogP contribution in [0.4, 0.5) is 0 Å². The van der Waals surface area contributed by atoms with Gasteiger partial charge in [-0.15, -0.1) is 0 Å². The van der Waals surface area contributed by atoms with Crippen LogP contribution in [0.25, 0.3) is 49.0 Å². The lowest BCUT2D eigenvalue weighted by molar-refractivity contribution is -0.643. The van der Waals surface area contributed by atoms with Crippen LogP contribution >= 0.6 is 0 Å². The maximum absolute atomic E-state index is 2.60. The molecule has 35 heavy (non-hydrogen) atoms. The molecule has 0 atom stereocenters. The monoisotopic (exact) mass is 461 g/mol. The molecule has 0 bridgehead atoms. The first kappa shape index (κ1) is 22.3. The molecule has 0 unspecified atom stereocenters. The minimum atomic E-state index is 0.255. The molecule has 3 aromatic heterocycles. The van der Waals surface area contributed by atoms with Gasteiger partial charge in [-0.25, -0.2) is 4.57 Å². The molecule has 0 fully saturated rings. The zero-order chi connectivity index (χ0) is 24.8. The average Bonchev–Trinajstić information content (AvgIpc) is 3.07. The van der Waals surface area contributed by atoms with Gasteiger partial charge in [-0.05, 0) is 83.9 Å². The Morgan fingerprint density at radius 2 is 1.60 bits per heavy atom. The van der Waals surface area contributed by atoms with E-state index in [4.69, 9.17) is 0 Å². The first-order chi connectivity index (χ1) is 16.5. The normalized spacial score (nSPS) is 13.1. The number of hydrogen-bond acceptors (Lipinski definition) is 0. The second-order valence-electron chi connectivity index (χ2n) is 12.5. The van der Waals surface area contributed by atoms with Gasteiger partial charge in [0, 0.05) is 16.8 Å². The fourth-order valence-electron chi connectivity index (χ4n) is 6.32. The summed E-state index contributed by atoms with van der Waals surface area (Å²) in [4.78, 5) is 0. The summed E-state index contributed by atoms with van der Waals surface area (Å²) in [5, 5.41) is 6.85. The third kappa shape index (κ3) is 3.33. The first-order valence-electron chi connectivity index (χ1n) is 13.1. The van der Waals surface area contributed by atoms with Gasteiger partial charge in [0.1, 0.15) is 7.05 Å². The van der Waals surface area contributed by atoms with Crippen molar-refractivity contribution in [3.8, 4) is 0 Å². The van der Waals surface area contributed by atoms with Crippen LogP contribution in [0.15, 0.2) is 48.7 Å². The Balaban J connectivity index is 1.91. The Labute approximate surface area is 208 Å². The summed E-state index contributed by atoms with van der Waals surface area (Å²) in [5.41, 5.74) is 11.2. The zero-order valence-electron chi connectivity index (χ0n) is 22.5. The highest BCUT2D eigenvalue weighted by atomic mass is 15.0. The second kappa shape index (κ2) is 7.43. The zero-order valence-corrected chi connectivity index (χ0v) is 22.5. The van der Waals surface area contributed by atoms with Gasteiger partial charge in [-0.2, -0.15) is 0 Å². The van der Waals surface area contributed by atoms with Crippen molar-refractivity contribution in [1.82, 2.24) is 4.40 Å². The van der Waals surface area contributed by atoms with E-state index in [1.807, 2.05) is 0 Å². The van der Waals surface area contributed by atoms with Crippen molar-refractivity contribution in [3.63, 3.8) is 0 Å². The molecule has 0 radical (unpaired) electrons. The Bertz CT molecular complexity index is 1770. The Hall–Kier alpha value is -3.13. The molecule has 0 N–H and O–H groups in total. The number of fused-ring (bicyclic) bond motifs is 5. The number of benzene rings is 3. The first-order valence-corrected chi connectivity index (χ1v) is 13.1. The molecule has 3 heterocycles. The summed E-state index contributed by atoms with van der Waals surface area (Å²) < 4.78 is 4.93. The van der Waals surface area contributed by atoms with Crippen LogP contribution in [0, 0.1) is 25.2 Å². The van der Waals surface area contributed by atoms with E-state index in [1.54, 1.807) is 0 Å². The molecule has 2 nitrogen and oxygen atoms in total. The van der Waals surface area contributed by atoms with E-state index in [9.17, 15) is 0 Å². The Kier molecular flexibility index (Phi) is 4.75. The highest BCUT2D eigenvalue weighted by Crippen LogP contribution is 2.42. The van der Waals surface area contributed by atoms with Crippen LogP contribution in [0.5, 0.6) is 0 Å². The summed E-state index contributed by atoms with van der Waals surface area (Å²) >= 11 is 0. The lowest BCUT2D eigenvalue weighted by atomic mass is 9.88. The van der Waals surface area contributed by atoms with Crippen LogP contribution in [-0.4, -0.2) is 4.40 Å². The molecule has 0 spiro atoms. The minimum absolute atomic E-state index is 0.255. The molecule has 6 aromatic rings. The van der Waals surface area contributed by atoms with Gasteiger partial charge < -0.3 is 4.40 Å². The molecule has 0 saturated heterocycles. The third-order valence-corrected chi connectivity index (χ3v) is 7.77. The van der Waals surface area contributed by atoms with Gasteiger partial charge in [-0.3, -0.25) is 0 Å². The number of aromatic nitrogens is 2. The molecule has 0 aliphatic carbocycles. The van der Waals surface area contributed by atoms with E-state index >= 15 is 0 Å². The van der Waals surface area contributed by atoms with Crippen LogP contribution in [0.1, 0.15) is 56.9 Å². The summed E-state index contributed by atoms with van der Waals surface area (Å²) in [5.74, 6) is 0.625. The van der Waals surface area contributed by atoms with Gasteiger partial charge in [0.15, 0.2) is 6.20 Å². The van der Waals surface area contributed by atoms with Crippen molar-refractivity contribution < 1.29 is 4.57 Å². The molecule has 3 aromatic carbocycles. The smallest absolute Gasteiger partial charge is 0.224 e. The lowest BCUT2D eigenvalue weighted by Crippen LogP contribution is -2.29. The predicted molar refractivity (Wildman–Crippen MR) is 151 cm³/mol. The maximum Gasteiger partial charge on any atom is 0.224 e. The van der Waals surface area contributed by atoms with E-state index in [1.165, 1.54) is 71.3 Å². The van der Waals surface area contributed by atoms with Crippen molar-refractivity contribution in [1.29, 1.82) is 0 Å². The molecule has 2 heteroatoms. The quantitative estimate of drug-likeness (QED) is 0.143. The van der Waals surface area contributed by atoms with E-state index in [0.717, 1.165) is 12.8 Å². The SMILES string of the molecule is Cc1cc2c3ccc(CC(C)(C)C)cc3n3c4cc(CC(C)C)cc5cc[n+](C)c(c(c1C)c23)c54. The van der Waals surface area contributed by atoms with Crippen LogP contribution in [-0.2, 0) is 19.9 Å². The summed E-state index contributed by atoms with van der Waals surface area (Å²) in [6.07, 6.45) is 4.41. The molecular formula is C33H37N2+. The molecule has 0 aliphatic rings. The van der Waals surface area contributed by atoms with Crippen molar-refractivity contribution in [2.24, 2.45) is 18.4 Å². The van der Waals surface area contributed by atoms with E-state index in [0.29, 0.717) is 5.92 Å². The molecule has 0 aliphatic heterocycles. The van der Waals surface area contributed by atoms with Crippen molar-refractivity contribution in [2.45, 2.75) is 61.3 Å². The standard InChI is InChI=1S/C33H37N2/c1-19(2)13-23-15-24-11-12-34(8)32-29-21(4)20(3)14-26-25-10-9-22(18-33(5,6)7)16-27(25)35(31(26)29)28(17-23)30(24)32/h9-12,14-17,19H,13,18H2,1-8H3/q+1. The van der Waals surface area contributed by atoms with Crippen molar-refractivity contribution in [2.75, 3.05) is 0 Å². The highest BCUT2D eigenvalue weighted by molar-refractivity contribution is 6.26. The number of aryl methyl sites for hydroxylation is 3. The van der Waals surface area contributed by atoms with Gasteiger partial charge in [0.05, 0.1) is 27.3 Å². The van der Waals surface area contributed by atoms with Crippen molar-refractivity contribution in [3.05, 3.63) is 70.9 Å². The number of hydrogen-bond donors (Lipinski definition) is 0. The topological polar surface area (TPSA) is 8.29 Å². The fraction of sp³-hybridized carbons (Fsp3) is 0.364. The lowest BCUT2D eigenvalue weighted by Gasteiger charge is -2.18. The minimum Gasteiger partial charge on any atom is -0.307 e. The summed E-state index contributed by atoms with van der Waals surface area (Å²) in [6.45, 7) is 16.2. The van der Waals surface area contributed by atoms with Crippen LogP contribution in [0.3, 0.4) is 0 Å². The molecule has 0 amide bonds. The van der Waals surface area contributed by atoms with E-state index in [-0.39, 0.29) is 5.41 Å². The number of nitrogens with zero attached hydrogens (tertiary/aromatic N) is 2. The van der Waals surface area contributed by atoms with Crippen LogP contribution < -0.4 is 4.57 Å². The van der Waals surface area contributed by atoms with Gasteiger partial charge in [0.25, 0.3) is 0 Å². The van der Waals surface area contributed by atoms with Gasteiger partial charge in [-0.1, -0.05) is 52.8 Å². The van der Waals surface area contributed by atoms with E-state index < -0.39 is 0 Å². The highest BCUT2D eigenvalue weighted by Gasteiger charge is 2.25. The van der Waals surface area contributed by atoms with Crippen molar-refractivity contribution >= 4 is 49.0 Å². The Morgan fingerprint density at radius 3 is 2.31 bits per heavy atom. The molecule has 6 rings (SSSR count). The molecule has 178 valence electrons.